The van der Waals surface area contributed by atoms with E-state index in [9.17, 15) is 19.6 Å². The third-order valence-corrected chi connectivity index (χ3v) is 9.24. The number of phenols is 1. The molecule has 0 spiro atoms. The van der Waals surface area contributed by atoms with E-state index in [4.69, 9.17) is 16.3 Å². The molecule has 0 saturated heterocycles. The van der Waals surface area contributed by atoms with Gasteiger partial charge in [0.05, 0.1) is 39.5 Å². The van der Waals surface area contributed by atoms with Crippen LogP contribution in [-0.2, 0) is 4.79 Å². The van der Waals surface area contributed by atoms with Gasteiger partial charge in [-0.1, -0.05) is 48.0 Å². The number of hydrogen-bond acceptors (Lipinski definition) is 10. The number of aromatic nitrogens is 4. The van der Waals surface area contributed by atoms with Gasteiger partial charge >= 0.3 is 0 Å². The van der Waals surface area contributed by atoms with E-state index in [2.05, 4.69) is 61.0 Å². The zero-order chi connectivity index (χ0) is 41.2. The molecule has 7 aromatic rings. The summed E-state index contributed by atoms with van der Waals surface area (Å²) in [6, 6.07) is 29.5. The molecule has 1 amide bonds. The third kappa shape index (κ3) is 9.79. The van der Waals surface area contributed by atoms with Crippen molar-refractivity contribution in [1.82, 2.24) is 24.8 Å². The zero-order valence-corrected chi connectivity index (χ0v) is 33.0. The summed E-state index contributed by atoms with van der Waals surface area (Å²) < 4.78 is 19.3. The predicted octanol–water partition coefficient (Wildman–Crippen LogP) is 9.60. The fourth-order valence-corrected chi connectivity index (χ4v) is 6.11. The van der Waals surface area contributed by atoms with Crippen LogP contribution < -0.4 is 20.7 Å². The van der Waals surface area contributed by atoms with Crippen LogP contribution in [0.3, 0.4) is 0 Å². The fourth-order valence-electron chi connectivity index (χ4n) is 5.93. The number of nitrogens with zero attached hydrogens (tertiary/aromatic N) is 5. The van der Waals surface area contributed by atoms with Crippen LogP contribution in [0, 0.1) is 17.1 Å². The molecule has 3 heterocycles. The number of pyridine rings is 1. The van der Waals surface area contributed by atoms with Crippen molar-refractivity contribution in [3.63, 3.8) is 0 Å². The van der Waals surface area contributed by atoms with Gasteiger partial charge in [0.2, 0.25) is 5.91 Å². The van der Waals surface area contributed by atoms with Crippen molar-refractivity contribution in [2.24, 2.45) is 0 Å². The Labute approximate surface area is 340 Å². The standard InChI is InChI=1S/C24H23ClFN5O2.C20H18N4O/c1-4-33-22-12-20-17(11-21(22)28-9-5-6-23(32)31(2)3)24(15(13-27)14-29-20)30-16-7-8-19(26)18(25)10-16;1-13(14-5-3-2-4-6-14)23-19-17-11-18(24-20(17)22-12-21-19)15-7-9-16(25)10-8-15/h5-8,10-12,14,28H,4,9H2,1-3H3,(H,29,30);2-13,25H,1H3,(H2,21,22,23,24)/t;13-/m.1/s1. The molecule has 12 nitrogen and oxygen atoms in total. The van der Waals surface area contributed by atoms with Gasteiger partial charge in [-0.25, -0.2) is 14.4 Å². The van der Waals surface area contributed by atoms with E-state index >= 15 is 0 Å². The van der Waals surface area contributed by atoms with Gasteiger partial charge in [0.25, 0.3) is 0 Å². The van der Waals surface area contributed by atoms with Crippen LogP contribution >= 0.6 is 11.6 Å². The Balaban J connectivity index is 0.000000202. The van der Waals surface area contributed by atoms with Crippen LogP contribution in [0.2, 0.25) is 5.02 Å². The molecule has 4 aromatic carbocycles. The number of anilines is 4. The van der Waals surface area contributed by atoms with Crippen LogP contribution in [-0.4, -0.2) is 63.1 Å². The number of phenolic OH excluding ortho intramolecular Hbond substituents is 1. The summed E-state index contributed by atoms with van der Waals surface area (Å²) in [7, 11) is 3.36. The molecular weight excluding hydrogens is 757 g/mol. The number of aromatic hydroxyl groups is 1. The molecule has 3 aromatic heterocycles. The average molecular weight is 798 g/mol. The first-order valence-electron chi connectivity index (χ1n) is 18.3. The first kappa shape index (κ1) is 40.5. The summed E-state index contributed by atoms with van der Waals surface area (Å²) in [5.74, 6) is 0.982. The highest BCUT2D eigenvalue weighted by Gasteiger charge is 2.16. The maximum Gasteiger partial charge on any atom is 0.245 e. The van der Waals surface area contributed by atoms with Gasteiger partial charge in [0.1, 0.15) is 41.2 Å². The quantitative estimate of drug-likeness (QED) is 0.0752. The minimum Gasteiger partial charge on any atom is -0.508 e. The molecule has 14 heteroatoms. The summed E-state index contributed by atoms with van der Waals surface area (Å²) in [4.78, 5) is 29.7. The molecule has 294 valence electrons. The Bertz CT molecular complexity index is 2610. The average Bonchev–Trinajstić information content (AvgIpc) is 3.67. The molecule has 5 N–H and O–H groups in total. The summed E-state index contributed by atoms with van der Waals surface area (Å²) in [6.45, 7) is 4.81. The topological polar surface area (TPSA) is 164 Å². The Morgan fingerprint density at radius 2 is 1.81 bits per heavy atom. The van der Waals surface area contributed by atoms with Gasteiger partial charge in [-0.15, -0.1) is 0 Å². The van der Waals surface area contributed by atoms with Crippen molar-refractivity contribution >= 4 is 62.3 Å². The second kappa shape index (κ2) is 18.6. The van der Waals surface area contributed by atoms with E-state index in [0.717, 1.165) is 28.1 Å². The normalized spacial score (nSPS) is 11.4. The highest BCUT2D eigenvalue weighted by Crippen LogP contribution is 2.37. The van der Waals surface area contributed by atoms with E-state index < -0.39 is 5.82 Å². The number of amides is 1. The minimum absolute atomic E-state index is 0.0306. The van der Waals surface area contributed by atoms with Gasteiger partial charge < -0.3 is 35.7 Å². The van der Waals surface area contributed by atoms with E-state index in [1.807, 2.05) is 49.4 Å². The van der Waals surface area contributed by atoms with Crippen molar-refractivity contribution in [3.05, 3.63) is 138 Å². The Kier molecular flexibility index (Phi) is 13.0. The Morgan fingerprint density at radius 3 is 2.52 bits per heavy atom. The SMILES string of the molecule is CCOc1cc2ncc(C#N)c(Nc3ccc(F)c(Cl)c3)c2cc1NCC=CC(=O)N(C)C.C[C@@H](Nc1ncnc2[nH]c(-c3ccc(O)cc3)cc12)c1ccccc1. The van der Waals surface area contributed by atoms with E-state index in [1.54, 1.807) is 44.7 Å². The van der Waals surface area contributed by atoms with Crippen molar-refractivity contribution < 1.29 is 19.0 Å². The van der Waals surface area contributed by atoms with Gasteiger partial charge in [0.15, 0.2) is 0 Å². The molecule has 7 rings (SSSR count). The third-order valence-electron chi connectivity index (χ3n) is 8.95. The lowest BCUT2D eigenvalue weighted by Crippen LogP contribution is -2.19. The number of ether oxygens (including phenoxy) is 1. The maximum absolute atomic E-state index is 13.6. The highest BCUT2D eigenvalue weighted by atomic mass is 35.5. The van der Waals surface area contributed by atoms with Crippen LogP contribution in [0.25, 0.3) is 33.2 Å². The van der Waals surface area contributed by atoms with Gasteiger partial charge in [-0.3, -0.25) is 9.78 Å². The molecule has 0 unspecified atom stereocenters. The lowest BCUT2D eigenvalue weighted by atomic mass is 10.1. The molecule has 0 aliphatic heterocycles. The number of hydrogen-bond donors (Lipinski definition) is 5. The van der Waals surface area contributed by atoms with Crippen molar-refractivity contribution in [2.45, 2.75) is 19.9 Å². The maximum atomic E-state index is 13.6. The van der Waals surface area contributed by atoms with Crippen LogP contribution in [0.4, 0.5) is 27.3 Å². The fraction of sp³-hybridized carbons (Fsp3) is 0.159. The number of halogens is 2. The molecule has 58 heavy (non-hydrogen) atoms. The summed E-state index contributed by atoms with van der Waals surface area (Å²) in [5.41, 5.74) is 6.52. The summed E-state index contributed by atoms with van der Waals surface area (Å²) in [5, 5.41) is 30.5. The summed E-state index contributed by atoms with van der Waals surface area (Å²) in [6.07, 6.45) is 6.22. The molecule has 1 atom stereocenters. The van der Waals surface area contributed by atoms with E-state index in [1.165, 1.54) is 40.9 Å². The lowest BCUT2D eigenvalue weighted by Gasteiger charge is -2.16. The Morgan fingerprint density at radius 1 is 1.03 bits per heavy atom. The molecule has 0 aliphatic carbocycles. The molecule has 0 saturated carbocycles. The smallest absolute Gasteiger partial charge is 0.245 e. The van der Waals surface area contributed by atoms with Gasteiger partial charge in [0, 0.05) is 61.8 Å². The molecule has 0 radical (unpaired) electrons. The number of nitrogens with one attached hydrogen (secondary N) is 4. The van der Waals surface area contributed by atoms with E-state index in [0.29, 0.717) is 52.4 Å². The summed E-state index contributed by atoms with van der Waals surface area (Å²) >= 11 is 5.91. The molecular formula is C44H41ClFN9O3. The largest absolute Gasteiger partial charge is 0.508 e. The molecule has 0 bridgehead atoms. The van der Waals surface area contributed by atoms with Gasteiger partial charge in [-0.2, -0.15) is 5.26 Å². The number of benzene rings is 4. The molecule has 0 fully saturated rings. The van der Waals surface area contributed by atoms with Crippen molar-refractivity contribution in [3.8, 4) is 28.8 Å². The number of carbonyl (C=O) groups excluding carboxylic acids is 1. The van der Waals surface area contributed by atoms with Crippen molar-refractivity contribution in [1.29, 1.82) is 5.26 Å². The highest BCUT2D eigenvalue weighted by molar-refractivity contribution is 6.31. The number of rotatable bonds is 12. The monoisotopic (exact) mass is 797 g/mol. The van der Waals surface area contributed by atoms with Crippen LogP contribution in [0.15, 0.2) is 116 Å². The van der Waals surface area contributed by atoms with Gasteiger partial charge in [-0.05, 0) is 79.6 Å². The van der Waals surface area contributed by atoms with E-state index in [-0.39, 0.29) is 22.7 Å². The second-order valence-electron chi connectivity index (χ2n) is 13.2. The number of carbonyl (C=O) groups is 1. The lowest BCUT2D eigenvalue weighted by molar-refractivity contribution is -0.123. The first-order valence-corrected chi connectivity index (χ1v) is 18.7. The van der Waals surface area contributed by atoms with Crippen molar-refractivity contribution in [2.75, 3.05) is 43.2 Å². The van der Waals surface area contributed by atoms with Crippen LogP contribution in [0.1, 0.15) is 31.0 Å². The number of fused-ring (bicyclic) bond motifs is 2. The zero-order valence-electron chi connectivity index (χ0n) is 32.2. The van der Waals surface area contributed by atoms with Crippen LogP contribution in [0.5, 0.6) is 11.5 Å². The predicted molar refractivity (Wildman–Crippen MR) is 228 cm³/mol. The number of aromatic amines is 1. The Hall–Kier alpha value is -7.17. The first-order chi connectivity index (χ1) is 28.0. The number of nitriles is 1. The minimum atomic E-state index is -0.532. The second-order valence-corrected chi connectivity index (χ2v) is 13.6. The number of likely N-dealkylation sites (N-methyl/N-ethyl adjacent to an activating group) is 1. The molecule has 0 aliphatic rings. The number of H-pyrrole nitrogens is 1.